The molecule has 0 rings (SSSR count). The molecule has 0 aromatic heterocycles. The van der Waals surface area contributed by atoms with Crippen molar-refractivity contribution in [2.45, 2.75) is 0 Å². The monoisotopic (exact) mass is 495 g/mol. The largest absolute Gasteiger partial charge is 2.00 e. The average molecular weight is 496 g/mol. The van der Waals surface area contributed by atoms with Gasteiger partial charge in [0.1, 0.15) is 0 Å². The van der Waals surface area contributed by atoms with Gasteiger partial charge >= 0.3 is 56.3 Å². The fraction of sp³-hybridized carbons (Fsp3) is 0. The molecule has 10 nitrogen and oxygen atoms in total. The van der Waals surface area contributed by atoms with Crippen molar-refractivity contribution in [3.8, 4) is 0 Å². The maximum Gasteiger partial charge on any atom is 2.00 e. The van der Waals surface area contributed by atoms with Gasteiger partial charge in [-0.15, -0.1) is 0 Å². The van der Waals surface area contributed by atoms with Gasteiger partial charge in [-0.3, -0.25) is 0 Å². The molecule has 0 bridgehead atoms. The molecule has 101 valence electrons. The van der Waals surface area contributed by atoms with E-state index in [-0.39, 0.29) is 132 Å². The minimum Gasteiger partial charge on any atom is -0.870 e. The first-order chi connectivity index (χ1) is 0. The minimum atomic E-state index is 0. The van der Waals surface area contributed by atoms with Gasteiger partial charge in [-0.2, -0.15) is 0 Å². The molecule has 0 aromatic rings. The second kappa shape index (κ2) is 704. The van der Waals surface area contributed by atoms with Crippen molar-refractivity contribution in [1.29, 1.82) is 0 Å². The van der Waals surface area contributed by atoms with E-state index in [9.17, 15) is 0 Å². The van der Waals surface area contributed by atoms with Crippen LogP contribution >= 0.6 is 0 Å². The van der Waals surface area contributed by atoms with Crippen LogP contribution in [0.2, 0.25) is 0 Å². The Kier molecular flexibility index (Phi) is 43400. The van der Waals surface area contributed by atoms with E-state index in [0.29, 0.717) is 0 Å². The molecule has 1 radical (unpaired) electrons. The Balaban J connectivity index is 0. The third-order valence-corrected chi connectivity index (χ3v) is 0. The maximum atomic E-state index is 0. The van der Waals surface area contributed by atoms with Crippen LogP contribution < -0.4 is 0 Å². The molecular formula is H10CoMgNiO10W-4. The summed E-state index contributed by atoms with van der Waals surface area (Å²) in [7, 11) is 0. The second-order valence-electron chi connectivity index (χ2n) is 0. The van der Waals surface area contributed by atoms with E-state index in [1.54, 1.807) is 0 Å². The summed E-state index contributed by atoms with van der Waals surface area (Å²) in [4.78, 5) is 0. The van der Waals surface area contributed by atoms with Crippen molar-refractivity contribution in [1.82, 2.24) is 0 Å². The fourth-order valence-corrected chi connectivity index (χ4v) is 0. The standard InChI is InChI=1S/Co.Mg.Ni.10H2O.W/h;;;10*1H2;/q3*+2;;;;;;;;;;;/p-10. The van der Waals surface area contributed by atoms with Crippen LogP contribution in [0.3, 0.4) is 0 Å². The Labute approximate surface area is 131 Å². The molecule has 0 fully saturated rings. The Morgan fingerprint density at radius 2 is 0.357 bits per heavy atom. The molecule has 0 atom stereocenters. The molecule has 14 heteroatoms. The normalized spacial score (nSPS) is 0. The summed E-state index contributed by atoms with van der Waals surface area (Å²) in [5.74, 6) is 0. The molecule has 0 aromatic carbocycles. The first-order valence-electron chi connectivity index (χ1n) is 0. The molecule has 0 unspecified atom stereocenters. The molecule has 0 aliphatic rings. The van der Waals surface area contributed by atoms with Crippen molar-refractivity contribution in [3.63, 3.8) is 0 Å². The van der Waals surface area contributed by atoms with E-state index in [0.717, 1.165) is 0 Å². The molecule has 0 heterocycles. The number of hydrogen-bond acceptors (Lipinski definition) is 10. The molecule has 0 aliphatic carbocycles. The van der Waals surface area contributed by atoms with Crippen LogP contribution in [0, 0.1) is 0 Å². The maximum absolute atomic E-state index is 0. The van der Waals surface area contributed by atoms with Gasteiger partial charge in [0, 0.05) is 21.1 Å². The Hall–Kier alpha value is 2.05. The quantitative estimate of drug-likeness (QED) is 0.327. The minimum absolute atomic E-state index is 0. The van der Waals surface area contributed by atoms with Gasteiger partial charge in [0.15, 0.2) is 0 Å². The van der Waals surface area contributed by atoms with E-state index < -0.39 is 0 Å². The van der Waals surface area contributed by atoms with Crippen LogP contribution in [0.5, 0.6) is 0 Å². The van der Waals surface area contributed by atoms with Crippen molar-refractivity contribution >= 4 is 23.1 Å². The van der Waals surface area contributed by atoms with Crippen molar-refractivity contribution in [2.24, 2.45) is 0 Å². The van der Waals surface area contributed by atoms with Crippen molar-refractivity contribution in [3.05, 3.63) is 0 Å². The number of hydrogen-bond donors (Lipinski definition) is 0. The zero-order chi connectivity index (χ0) is 0. The first kappa shape index (κ1) is 862. The SMILES string of the molecule is [Co+2].[Mg+2].[Ni+2].[OH-].[OH-].[OH-].[OH-].[OH-].[OH-].[OH-].[OH-].[OH-].[OH-].[W]. The molecule has 0 spiro atoms. The topological polar surface area (TPSA) is 300 Å². The van der Waals surface area contributed by atoms with Gasteiger partial charge in [-0.1, -0.05) is 0 Å². The predicted octanol–water partition coefficient (Wildman–Crippen LogP) is -2.16. The van der Waals surface area contributed by atoms with Gasteiger partial charge in [-0.25, -0.2) is 0 Å². The van der Waals surface area contributed by atoms with E-state index >= 15 is 0 Å². The summed E-state index contributed by atoms with van der Waals surface area (Å²) in [5, 5.41) is 0. The number of rotatable bonds is 0. The van der Waals surface area contributed by atoms with Crippen LogP contribution in [-0.4, -0.2) is 77.8 Å². The summed E-state index contributed by atoms with van der Waals surface area (Å²) >= 11 is 0. The molecule has 10 N–H and O–H groups in total. The van der Waals surface area contributed by atoms with E-state index in [1.807, 2.05) is 0 Å². The van der Waals surface area contributed by atoms with E-state index in [4.69, 9.17) is 0 Å². The smallest absolute Gasteiger partial charge is 0.870 e. The Morgan fingerprint density at radius 3 is 0.357 bits per heavy atom. The molecule has 0 saturated heterocycles. The Bertz CT molecular complexity index is 20.1. The summed E-state index contributed by atoms with van der Waals surface area (Å²) in [6.45, 7) is 0. The average Bonchev–Trinajstić information content (AvgIpc) is 0. The van der Waals surface area contributed by atoms with Gasteiger partial charge < -0.3 is 54.8 Å². The second-order valence-corrected chi connectivity index (χ2v) is 0. The fourth-order valence-electron chi connectivity index (χ4n) is 0. The molecule has 14 heavy (non-hydrogen) atoms. The van der Waals surface area contributed by atoms with Gasteiger partial charge in [0.05, 0.1) is 0 Å². The van der Waals surface area contributed by atoms with Crippen LogP contribution in [0.4, 0.5) is 0 Å². The molecule has 0 amide bonds. The molecule has 0 aliphatic heterocycles. The van der Waals surface area contributed by atoms with Crippen LogP contribution in [0.25, 0.3) is 0 Å². The summed E-state index contributed by atoms with van der Waals surface area (Å²) < 4.78 is 0. The van der Waals surface area contributed by atoms with Crippen LogP contribution in [0.15, 0.2) is 0 Å². The zero-order valence-corrected chi connectivity index (χ0v) is 12.6. The van der Waals surface area contributed by atoms with E-state index in [2.05, 4.69) is 0 Å². The van der Waals surface area contributed by atoms with Crippen LogP contribution in [0.1, 0.15) is 0 Å². The third-order valence-electron chi connectivity index (χ3n) is 0. The van der Waals surface area contributed by atoms with E-state index in [1.165, 1.54) is 0 Å². The third kappa shape index (κ3) is 567. The van der Waals surface area contributed by atoms with Crippen molar-refractivity contribution in [2.75, 3.05) is 0 Å². The summed E-state index contributed by atoms with van der Waals surface area (Å²) in [5.41, 5.74) is 0. The summed E-state index contributed by atoms with van der Waals surface area (Å²) in [6.07, 6.45) is 0. The van der Waals surface area contributed by atoms with Gasteiger partial charge in [-0.05, 0) is 0 Å². The van der Waals surface area contributed by atoms with Crippen molar-refractivity contribution < 1.29 is 109 Å². The summed E-state index contributed by atoms with van der Waals surface area (Å²) in [6, 6.07) is 0. The van der Waals surface area contributed by atoms with Gasteiger partial charge in [0.2, 0.25) is 0 Å². The Morgan fingerprint density at radius 1 is 0.357 bits per heavy atom. The van der Waals surface area contributed by atoms with Crippen LogP contribution in [-0.2, 0) is 54.3 Å². The van der Waals surface area contributed by atoms with Gasteiger partial charge in [0.25, 0.3) is 0 Å². The zero-order valence-electron chi connectivity index (χ0n) is 6.24. The first-order valence-corrected chi connectivity index (χ1v) is 0. The molecule has 0 saturated carbocycles. The molecular weight excluding hydrogens is 486 g/mol. The predicted molar refractivity (Wildman–Crippen MR) is 25.1 cm³/mol.